The number of carbonyl (C=O) groups excluding carboxylic acids is 4. The number of hydrogen-bond acceptors (Lipinski definition) is 6. The van der Waals surface area contributed by atoms with Gasteiger partial charge >= 0.3 is 11.9 Å². The van der Waals surface area contributed by atoms with E-state index in [0.29, 0.717) is 25.8 Å². The van der Waals surface area contributed by atoms with Crippen LogP contribution in [0.5, 0.6) is 0 Å². The van der Waals surface area contributed by atoms with E-state index >= 15 is 0 Å². The minimum Gasteiger partial charge on any atom is -0.481 e. The van der Waals surface area contributed by atoms with Crippen LogP contribution in [0.15, 0.2) is 12.2 Å². The first-order chi connectivity index (χ1) is 19.2. The predicted molar refractivity (Wildman–Crippen MR) is 152 cm³/mol. The van der Waals surface area contributed by atoms with Gasteiger partial charge in [-0.2, -0.15) is 0 Å². The fourth-order valence-electron chi connectivity index (χ4n) is 4.18. The van der Waals surface area contributed by atoms with Gasteiger partial charge in [0, 0.05) is 44.4 Å². The number of carbonyl (C=O) groups is 6. The average molecular weight is 567 g/mol. The second-order valence-corrected chi connectivity index (χ2v) is 10.2. The fourth-order valence-corrected chi connectivity index (χ4v) is 4.18. The van der Waals surface area contributed by atoms with Crippen LogP contribution in [-0.2, 0) is 28.8 Å². The lowest BCUT2D eigenvalue weighted by atomic mass is 10.1. The lowest BCUT2D eigenvalue weighted by molar-refractivity contribution is -0.138. The van der Waals surface area contributed by atoms with Gasteiger partial charge in [-0.25, -0.2) is 0 Å². The first-order valence-electron chi connectivity index (χ1n) is 15.0. The van der Waals surface area contributed by atoms with Gasteiger partial charge in [-0.15, -0.1) is 0 Å². The normalized spacial score (nSPS) is 14.0. The van der Waals surface area contributed by atoms with Gasteiger partial charge in [-0.05, 0) is 19.3 Å². The lowest BCUT2D eigenvalue weighted by Gasteiger charge is -2.12. The topological polar surface area (TPSA) is 158 Å². The van der Waals surface area contributed by atoms with Gasteiger partial charge in [0.1, 0.15) is 0 Å². The van der Waals surface area contributed by atoms with E-state index in [1.54, 1.807) is 0 Å². The standard InChI is InChI=1S/C15H23NO4.C11H22O2.C4H5NO2/c17-13-10-11-14(18)16(13)12-8-6-4-2-1-3-5-7-9-15(19)20;1-2-3-4-5-6-7-8-9-10-11(12)13;6-3-1-2-4(7)5-3/h10-11H,1-9,12H2,(H,19,20);2-10H2,1H3,(H,12,13);1-2H2,(H,5,6,7). The Morgan fingerprint density at radius 3 is 1.30 bits per heavy atom. The van der Waals surface area contributed by atoms with Crippen molar-refractivity contribution in [2.24, 2.45) is 0 Å². The molecule has 228 valence electrons. The van der Waals surface area contributed by atoms with Gasteiger partial charge in [0.15, 0.2) is 0 Å². The minimum absolute atomic E-state index is 0.148. The molecule has 10 nitrogen and oxygen atoms in total. The smallest absolute Gasteiger partial charge is 0.303 e. The number of carboxylic acids is 2. The van der Waals surface area contributed by atoms with Gasteiger partial charge in [0.25, 0.3) is 11.8 Å². The Balaban J connectivity index is 0.000000646. The average Bonchev–Trinajstić information content (AvgIpc) is 3.44. The highest BCUT2D eigenvalue weighted by Gasteiger charge is 2.22. The van der Waals surface area contributed by atoms with E-state index in [4.69, 9.17) is 10.2 Å². The van der Waals surface area contributed by atoms with Crippen molar-refractivity contribution in [3.8, 4) is 0 Å². The molecule has 0 spiro atoms. The summed E-state index contributed by atoms with van der Waals surface area (Å²) in [7, 11) is 0. The van der Waals surface area contributed by atoms with Crippen molar-refractivity contribution >= 4 is 35.6 Å². The number of nitrogens with one attached hydrogen (secondary N) is 1. The molecule has 1 saturated heterocycles. The van der Waals surface area contributed by atoms with Crippen molar-refractivity contribution in [2.45, 2.75) is 135 Å². The molecule has 40 heavy (non-hydrogen) atoms. The quantitative estimate of drug-likeness (QED) is 0.128. The molecule has 0 aromatic carbocycles. The fraction of sp³-hybridized carbons (Fsp3) is 0.733. The summed E-state index contributed by atoms with van der Waals surface area (Å²) in [6.45, 7) is 2.73. The van der Waals surface area contributed by atoms with Crippen molar-refractivity contribution in [2.75, 3.05) is 6.54 Å². The molecule has 0 radical (unpaired) electrons. The monoisotopic (exact) mass is 566 g/mol. The van der Waals surface area contributed by atoms with Gasteiger partial charge < -0.3 is 10.2 Å². The number of nitrogens with zero attached hydrogens (tertiary/aromatic N) is 1. The number of carboxylic acid groups (broad SMARTS) is 2. The molecule has 0 saturated carbocycles. The highest BCUT2D eigenvalue weighted by molar-refractivity contribution is 6.12. The van der Waals surface area contributed by atoms with Gasteiger partial charge in [-0.1, -0.05) is 90.4 Å². The van der Waals surface area contributed by atoms with Crippen LogP contribution in [0.2, 0.25) is 0 Å². The largest absolute Gasteiger partial charge is 0.481 e. The summed E-state index contributed by atoms with van der Waals surface area (Å²) < 4.78 is 0. The predicted octanol–water partition coefficient (Wildman–Crippen LogP) is 5.53. The number of imide groups is 2. The van der Waals surface area contributed by atoms with E-state index < -0.39 is 11.9 Å². The summed E-state index contributed by atoms with van der Waals surface area (Å²) in [5.41, 5.74) is 0. The van der Waals surface area contributed by atoms with Crippen LogP contribution in [0, 0.1) is 0 Å². The molecule has 0 atom stereocenters. The van der Waals surface area contributed by atoms with Crippen LogP contribution < -0.4 is 5.32 Å². The maximum Gasteiger partial charge on any atom is 0.303 e. The van der Waals surface area contributed by atoms with Crippen LogP contribution in [0.25, 0.3) is 0 Å². The van der Waals surface area contributed by atoms with E-state index in [2.05, 4.69) is 12.2 Å². The van der Waals surface area contributed by atoms with Crippen molar-refractivity contribution in [1.82, 2.24) is 10.2 Å². The molecular formula is C30H50N2O8. The van der Waals surface area contributed by atoms with E-state index in [9.17, 15) is 28.8 Å². The molecule has 4 amide bonds. The second kappa shape index (κ2) is 25.0. The van der Waals surface area contributed by atoms with E-state index in [0.717, 1.165) is 64.2 Å². The molecule has 10 heteroatoms. The Bertz CT molecular complexity index is 778. The number of unbranched alkanes of at least 4 members (excludes halogenated alkanes) is 14. The third kappa shape index (κ3) is 22.9. The zero-order valence-electron chi connectivity index (χ0n) is 24.3. The molecule has 2 rings (SSSR count). The SMILES string of the molecule is CCCCCCCCCCC(=O)O.O=C(O)CCCCCCCCCCN1C(=O)C=CC1=O.O=C1CCC(=O)N1. The zero-order valence-corrected chi connectivity index (χ0v) is 24.3. The third-order valence-electron chi connectivity index (χ3n) is 6.53. The molecule has 2 aliphatic heterocycles. The maximum absolute atomic E-state index is 11.3. The Morgan fingerprint density at radius 2 is 0.975 bits per heavy atom. The summed E-state index contributed by atoms with van der Waals surface area (Å²) in [5, 5.41) is 19.0. The van der Waals surface area contributed by atoms with Crippen molar-refractivity contribution in [3.63, 3.8) is 0 Å². The highest BCUT2D eigenvalue weighted by atomic mass is 16.4. The van der Waals surface area contributed by atoms with Crippen molar-refractivity contribution in [1.29, 1.82) is 0 Å². The van der Waals surface area contributed by atoms with Crippen molar-refractivity contribution < 1.29 is 39.0 Å². The van der Waals surface area contributed by atoms with E-state index in [1.807, 2.05) is 0 Å². The number of rotatable bonds is 20. The molecule has 0 aromatic heterocycles. The summed E-state index contributed by atoms with van der Waals surface area (Å²) in [6.07, 6.45) is 21.8. The van der Waals surface area contributed by atoms with Crippen LogP contribution >= 0.6 is 0 Å². The Labute approximate surface area is 239 Å². The van der Waals surface area contributed by atoms with Crippen LogP contribution in [0.1, 0.15) is 135 Å². The molecule has 2 heterocycles. The Kier molecular flexibility index (Phi) is 23.1. The Morgan fingerprint density at radius 1 is 0.625 bits per heavy atom. The molecule has 3 N–H and O–H groups in total. The van der Waals surface area contributed by atoms with Crippen LogP contribution in [0.4, 0.5) is 0 Å². The summed E-state index contributed by atoms with van der Waals surface area (Å²) >= 11 is 0. The number of aliphatic carboxylic acids is 2. The summed E-state index contributed by atoms with van der Waals surface area (Å²) in [6, 6.07) is 0. The molecular weight excluding hydrogens is 516 g/mol. The summed E-state index contributed by atoms with van der Waals surface area (Å²) in [4.78, 5) is 64.6. The molecule has 0 bridgehead atoms. The lowest BCUT2D eigenvalue weighted by Crippen LogP contribution is -2.30. The molecule has 0 unspecified atom stereocenters. The molecule has 0 aromatic rings. The highest BCUT2D eigenvalue weighted by Crippen LogP contribution is 2.12. The molecule has 2 aliphatic rings. The van der Waals surface area contributed by atoms with Gasteiger partial charge in [-0.3, -0.25) is 39.0 Å². The van der Waals surface area contributed by atoms with Crippen LogP contribution in [-0.4, -0.2) is 57.2 Å². The number of amides is 4. The van der Waals surface area contributed by atoms with Gasteiger partial charge in [0.2, 0.25) is 11.8 Å². The Hall–Kier alpha value is -3.04. The third-order valence-corrected chi connectivity index (χ3v) is 6.53. The molecule has 0 aliphatic carbocycles. The number of hydrogen-bond donors (Lipinski definition) is 3. The first-order valence-corrected chi connectivity index (χ1v) is 15.0. The first kappa shape index (κ1) is 37.0. The van der Waals surface area contributed by atoms with E-state index in [1.165, 1.54) is 55.6 Å². The maximum atomic E-state index is 11.3. The van der Waals surface area contributed by atoms with Crippen molar-refractivity contribution in [3.05, 3.63) is 12.2 Å². The minimum atomic E-state index is -0.717. The van der Waals surface area contributed by atoms with Crippen LogP contribution in [0.3, 0.4) is 0 Å². The molecule has 1 fully saturated rings. The van der Waals surface area contributed by atoms with E-state index in [-0.39, 0.29) is 30.0 Å². The second-order valence-electron chi connectivity index (χ2n) is 10.2. The summed E-state index contributed by atoms with van der Waals surface area (Å²) in [5.74, 6) is -2.08. The van der Waals surface area contributed by atoms with Gasteiger partial charge in [0.05, 0.1) is 0 Å². The zero-order chi connectivity index (χ0) is 30.0.